The van der Waals surface area contributed by atoms with Gasteiger partial charge < -0.3 is 13.5 Å². The van der Waals surface area contributed by atoms with Gasteiger partial charge in [0.1, 0.15) is 17.1 Å². The molecule has 80 valence electrons. The molecular weight excluding hydrogens is 217 g/mol. The van der Waals surface area contributed by atoms with Crippen LogP contribution in [-0.4, -0.2) is 14.2 Å². The Bertz CT molecular complexity index is 421. The molecule has 5 nitrogen and oxygen atoms in total. The van der Waals surface area contributed by atoms with E-state index >= 15 is 0 Å². The molecule has 0 saturated heterocycles. The van der Waals surface area contributed by atoms with Crippen LogP contribution in [0, 0.1) is 11.3 Å². The van der Waals surface area contributed by atoms with Crippen LogP contribution in [0.25, 0.3) is 6.08 Å². The lowest BCUT2D eigenvalue weighted by atomic mass is 10.4. The molecule has 0 unspecified atom stereocenters. The summed E-state index contributed by atoms with van der Waals surface area (Å²) in [7, 11) is -1.05. The molecule has 0 N–H and O–H groups in total. The molecule has 6 heteroatoms. The predicted molar refractivity (Wildman–Crippen MR) is 53.9 cm³/mol. The van der Waals surface area contributed by atoms with Crippen LogP contribution >= 0.6 is 7.60 Å². The minimum atomic E-state index is -3.49. The molecule has 0 aromatic carbocycles. The molecule has 0 spiro atoms. The van der Waals surface area contributed by atoms with Crippen LogP contribution in [0.4, 0.5) is 0 Å². The third kappa shape index (κ3) is 2.57. The van der Waals surface area contributed by atoms with Crippen molar-refractivity contribution < 1.29 is 18.0 Å². The lowest BCUT2D eigenvalue weighted by Crippen LogP contribution is -1.90. The summed E-state index contributed by atoms with van der Waals surface area (Å²) in [6.45, 7) is 0. The zero-order valence-corrected chi connectivity index (χ0v) is 9.23. The van der Waals surface area contributed by atoms with Crippen LogP contribution in [0.1, 0.15) is 5.76 Å². The molecular formula is C9H10NO4P. The van der Waals surface area contributed by atoms with E-state index in [2.05, 4.69) is 9.05 Å². The summed E-state index contributed by atoms with van der Waals surface area (Å²) < 4.78 is 26.2. The highest BCUT2D eigenvalue weighted by Gasteiger charge is 2.27. The molecule has 1 aromatic rings. The topological polar surface area (TPSA) is 72.5 Å². The molecule has 1 heterocycles. The lowest BCUT2D eigenvalue weighted by molar-refractivity contribution is 0.284. The summed E-state index contributed by atoms with van der Waals surface area (Å²) in [5.74, 6) is 0.417. The van der Waals surface area contributed by atoms with Crippen LogP contribution in [-0.2, 0) is 13.6 Å². The SMILES string of the molecule is COP(=O)(OC)/C(C#N)=C/c1ccco1. The van der Waals surface area contributed by atoms with Crippen LogP contribution < -0.4 is 0 Å². The van der Waals surface area contributed by atoms with Crippen molar-refractivity contribution in [2.45, 2.75) is 0 Å². The van der Waals surface area contributed by atoms with E-state index in [0.717, 1.165) is 0 Å². The molecule has 0 aliphatic carbocycles. The number of allylic oxidation sites excluding steroid dienone is 1. The van der Waals surface area contributed by atoms with Crippen LogP contribution in [0.5, 0.6) is 0 Å². The van der Waals surface area contributed by atoms with Gasteiger partial charge >= 0.3 is 7.60 Å². The van der Waals surface area contributed by atoms with E-state index in [-0.39, 0.29) is 5.31 Å². The number of nitriles is 1. The lowest BCUT2D eigenvalue weighted by Gasteiger charge is -2.11. The van der Waals surface area contributed by atoms with Crippen LogP contribution in [0.3, 0.4) is 0 Å². The van der Waals surface area contributed by atoms with Gasteiger partial charge in [-0.25, -0.2) is 0 Å². The van der Waals surface area contributed by atoms with Crippen molar-refractivity contribution >= 4 is 13.7 Å². The minimum absolute atomic E-state index is 0.0950. The van der Waals surface area contributed by atoms with Gasteiger partial charge in [-0.3, -0.25) is 4.57 Å². The van der Waals surface area contributed by atoms with Gasteiger partial charge in [0.2, 0.25) is 0 Å². The fourth-order valence-corrected chi connectivity index (χ4v) is 1.90. The second-order valence-corrected chi connectivity index (χ2v) is 4.73. The summed E-state index contributed by atoms with van der Waals surface area (Å²) in [4.78, 5) is 0. The van der Waals surface area contributed by atoms with E-state index in [1.165, 1.54) is 26.6 Å². The van der Waals surface area contributed by atoms with Gasteiger partial charge in [0.15, 0.2) is 0 Å². The maximum absolute atomic E-state index is 11.8. The molecule has 15 heavy (non-hydrogen) atoms. The Morgan fingerprint density at radius 2 is 2.27 bits per heavy atom. The molecule has 0 fully saturated rings. The fourth-order valence-electron chi connectivity index (χ4n) is 0.952. The van der Waals surface area contributed by atoms with Gasteiger partial charge in [-0.05, 0) is 12.1 Å². The molecule has 1 aromatic heterocycles. The summed E-state index contributed by atoms with van der Waals surface area (Å²) in [6, 6.07) is 5.06. The van der Waals surface area contributed by atoms with Gasteiger partial charge in [-0.1, -0.05) is 0 Å². The first-order chi connectivity index (χ1) is 7.16. The first kappa shape index (κ1) is 11.7. The van der Waals surface area contributed by atoms with Gasteiger partial charge in [0.25, 0.3) is 0 Å². The largest absolute Gasteiger partial charge is 0.465 e. The van der Waals surface area contributed by atoms with Gasteiger partial charge in [0, 0.05) is 20.3 Å². The maximum atomic E-state index is 11.8. The van der Waals surface area contributed by atoms with Crippen molar-refractivity contribution in [3.8, 4) is 6.07 Å². The van der Waals surface area contributed by atoms with Crippen molar-refractivity contribution in [3.05, 3.63) is 29.5 Å². The highest BCUT2D eigenvalue weighted by atomic mass is 31.2. The molecule has 1 rings (SSSR count). The quantitative estimate of drug-likeness (QED) is 0.583. The zero-order valence-electron chi connectivity index (χ0n) is 8.34. The molecule has 0 aliphatic rings. The number of hydrogen-bond acceptors (Lipinski definition) is 5. The fraction of sp³-hybridized carbons (Fsp3) is 0.222. The summed E-state index contributed by atoms with van der Waals surface area (Å²) in [5.41, 5.74) is 0. The Labute approximate surface area is 87.4 Å². The number of hydrogen-bond donors (Lipinski definition) is 0. The first-order valence-electron chi connectivity index (χ1n) is 4.03. The third-order valence-electron chi connectivity index (χ3n) is 1.71. The monoisotopic (exact) mass is 227 g/mol. The van der Waals surface area contributed by atoms with E-state index in [1.807, 2.05) is 0 Å². The molecule has 0 bridgehead atoms. The highest BCUT2D eigenvalue weighted by molar-refractivity contribution is 7.59. The van der Waals surface area contributed by atoms with Gasteiger partial charge in [-0.2, -0.15) is 5.26 Å². The third-order valence-corrected chi connectivity index (χ3v) is 3.49. The summed E-state index contributed by atoms with van der Waals surface area (Å²) in [6.07, 6.45) is 2.78. The number of furan rings is 1. The van der Waals surface area contributed by atoms with Gasteiger partial charge in [-0.15, -0.1) is 0 Å². The number of rotatable bonds is 4. The van der Waals surface area contributed by atoms with Crippen LogP contribution in [0.15, 0.2) is 28.1 Å². The van der Waals surface area contributed by atoms with Crippen molar-refractivity contribution in [2.24, 2.45) is 0 Å². The minimum Gasteiger partial charge on any atom is -0.465 e. The van der Waals surface area contributed by atoms with E-state index < -0.39 is 7.60 Å². The van der Waals surface area contributed by atoms with Gasteiger partial charge in [0.05, 0.1) is 6.26 Å². The van der Waals surface area contributed by atoms with E-state index in [4.69, 9.17) is 9.68 Å². The van der Waals surface area contributed by atoms with Crippen molar-refractivity contribution in [2.75, 3.05) is 14.2 Å². The van der Waals surface area contributed by atoms with Crippen molar-refractivity contribution in [1.29, 1.82) is 5.26 Å². The maximum Gasteiger partial charge on any atom is 0.371 e. The van der Waals surface area contributed by atoms with E-state index in [0.29, 0.717) is 5.76 Å². The Hall–Kier alpha value is -1.34. The van der Waals surface area contributed by atoms with Crippen molar-refractivity contribution in [3.63, 3.8) is 0 Å². The smallest absolute Gasteiger partial charge is 0.371 e. The Kier molecular flexibility index (Phi) is 3.87. The Morgan fingerprint density at radius 1 is 1.60 bits per heavy atom. The summed E-state index contributed by atoms with van der Waals surface area (Å²) >= 11 is 0. The first-order valence-corrected chi connectivity index (χ1v) is 5.58. The molecule has 0 atom stereocenters. The van der Waals surface area contributed by atoms with Crippen molar-refractivity contribution in [1.82, 2.24) is 0 Å². The molecule has 0 saturated carbocycles. The average molecular weight is 227 g/mol. The van der Waals surface area contributed by atoms with E-state index in [9.17, 15) is 4.57 Å². The second-order valence-electron chi connectivity index (χ2n) is 2.52. The Balaban J connectivity index is 3.10. The Morgan fingerprint density at radius 3 is 2.67 bits per heavy atom. The average Bonchev–Trinajstić information content (AvgIpc) is 2.77. The zero-order chi connectivity index (χ0) is 11.3. The standard InChI is InChI=1S/C9H10NO4P/c1-12-15(11,13-2)9(7-10)6-8-4-3-5-14-8/h3-6H,1-2H3/b9-6+. The van der Waals surface area contributed by atoms with E-state index in [1.54, 1.807) is 18.2 Å². The molecule has 0 aliphatic heterocycles. The highest BCUT2D eigenvalue weighted by Crippen LogP contribution is 2.54. The van der Waals surface area contributed by atoms with Crippen LogP contribution in [0.2, 0.25) is 0 Å². The normalized spacial score (nSPS) is 12.5. The number of nitrogens with zero attached hydrogens (tertiary/aromatic N) is 1. The second kappa shape index (κ2) is 4.94. The molecule has 0 amide bonds. The summed E-state index contributed by atoms with van der Waals surface area (Å²) in [5, 5.41) is 8.74. The predicted octanol–water partition coefficient (Wildman–Crippen LogP) is 2.63. The molecule has 0 radical (unpaired) electrons.